The third kappa shape index (κ3) is 6.14. The van der Waals surface area contributed by atoms with Crippen molar-refractivity contribution in [3.05, 3.63) is 90.0 Å². The van der Waals surface area contributed by atoms with Crippen molar-refractivity contribution in [1.82, 2.24) is 10.6 Å². The van der Waals surface area contributed by atoms with E-state index in [0.717, 1.165) is 0 Å². The van der Waals surface area contributed by atoms with E-state index in [0.29, 0.717) is 21.5 Å². The lowest BCUT2D eigenvalue weighted by molar-refractivity contribution is -0.119. The zero-order valence-electron chi connectivity index (χ0n) is 20.5. The van der Waals surface area contributed by atoms with Crippen molar-refractivity contribution in [3.63, 3.8) is 0 Å². The van der Waals surface area contributed by atoms with Crippen molar-refractivity contribution < 1.29 is 18.9 Å². The summed E-state index contributed by atoms with van der Waals surface area (Å²) in [6.45, 7) is 5.72. The first-order valence-corrected chi connectivity index (χ1v) is 13.1. The number of amides is 2. The SMILES string of the molecule is CNC(=O)CNC(=O)c1ccc(C(=O)CC(C)(C)C)c(P(=O)(c2ccccc2)c2ccccc2)c1. The van der Waals surface area contributed by atoms with Crippen molar-refractivity contribution in [2.45, 2.75) is 27.2 Å². The van der Waals surface area contributed by atoms with Gasteiger partial charge in [-0.3, -0.25) is 14.4 Å². The molecule has 0 aromatic heterocycles. The maximum Gasteiger partial charge on any atom is 0.251 e. The molecule has 0 aliphatic heterocycles. The maximum absolute atomic E-state index is 15.0. The molecule has 0 fully saturated rings. The summed E-state index contributed by atoms with van der Waals surface area (Å²) in [5.41, 5.74) is 0.281. The Bertz CT molecular complexity index is 1220. The van der Waals surface area contributed by atoms with Gasteiger partial charge in [-0.2, -0.15) is 0 Å². The highest BCUT2D eigenvalue weighted by molar-refractivity contribution is 7.85. The number of Topliss-reactive ketones (excluding diaryl/α,β-unsaturated/α-hetero) is 1. The van der Waals surface area contributed by atoms with Crippen LogP contribution in [0.15, 0.2) is 78.9 Å². The van der Waals surface area contributed by atoms with E-state index in [1.807, 2.05) is 57.2 Å². The van der Waals surface area contributed by atoms with Crippen molar-refractivity contribution in [2.75, 3.05) is 13.6 Å². The average molecular weight is 491 g/mol. The van der Waals surface area contributed by atoms with Crippen LogP contribution in [0.1, 0.15) is 47.9 Å². The van der Waals surface area contributed by atoms with Gasteiger partial charge in [0, 0.05) is 40.5 Å². The van der Waals surface area contributed by atoms with Crippen molar-refractivity contribution >= 4 is 40.7 Å². The predicted octanol–water partition coefficient (Wildman–Crippen LogP) is 3.42. The fourth-order valence-corrected chi connectivity index (χ4v) is 6.70. The Labute approximate surface area is 206 Å². The summed E-state index contributed by atoms with van der Waals surface area (Å²) in [5, 5.41) is 6.48. The molecule has 0 heterocycles. The number of ketones is 1. The molecule has 0 atom stereocenters. The van der Waals surface area contributed by atoms with Crippen LogP contribution in [0.3, 0.4) is 0 Å². The highest BCUT2D eigenvalue weighted by Gasteiger charge is 2.35. The molecule has 0 spiro atoms. The Hall–Kier alpha value is -3.50. The van der Waals surface area contributed by atoms with Crippen LogP contribution < -0.4 is 26.5 Å². The van der Waals surface area contributed by atoms with E-state index >= 15 is 4.57 Å². The maximum atomic E-state index is 15.0. The highest BCUT2D eigenvalue weighted by Crippen LogP contribution is 2.44. The summed E-state index contributed by atoms with van der Waals surface area (Å²) in [5.74, 6) is -0.968. The smallest absolute Gasteiger partial charge is 0.251 e. The molecule has 3 rings (SSSR count). The predicted molar refractivity (Wildman–Crippen MR) is 141 cm³/mol. The Balaban J connectivity index is 2.24. The molecule has 0 saturated heterocycles. The molecule has 0 saturated carbocycles. The van der Waals surface area contributed by atoms with Gasteiger partial charge in [-0.15, -0.1) is 0 Å². The number of carbonyl (C=O) groups excluding carboxylic acids is 3. The average Bonchev–Trinajstić information content (AvgIpc) is 2.86. The van der Waals surface area contributed by atoms with Crippen LogP contribution in [-0.4, -0.2) is 31.2 Å². The second-order valence-electron chi connectivity index (χ2n) is 9.53. The molecule has 3 aromatic rings. The Morgan fingerprint density at radius 2 is 1.37 bits per heavy atom. The van der Waals surface area contributed by atoms with E-state index < -0.39 is 13.0 Å². The van der Waals surface area contributed by atoms with Gasteiger partial charge in [-0.1, -0.05) is 81.4 Å². The van der Waals surface area contributed by atoms with Crippen LogP contribution >= 0.6 is 7.14 Å². The van der Waals surface area contributed by atoms with Crippen LogP contribution in [0, 0.1) is 5.41 Å². The molecule has 35 heavy (non-hydrogen) atoms. The molecule has 0 radical (unpaired) electrons. The molecule has 0 unspecified atom stereocenters. The van der Waals surface area contributed by atoms with Gasteiger partial charge in [0.15, 0.2) is 12.9 Å². The molecule has 7 heteroatoms. The normalized spacial score (nSPS) is 11.5. The molecule has 2 amide bonds. The molecular weight excluding hydrogens is 459 g/mol. The van der Waals surface area contributed by atoms with Gasteiger partial charge in [-0.05, 0) is 23.6 Å². The summed E-state index contributed by atoms with van der Waals surface area (Å²) in [6, 6.07) is 22.7. The van der Waals surface area contributed by atoms with Gasteiger partial charge in [0.05, 0.1) is 6.54 Å². The molecule has 2 N–H and O–H groups in total. The zero-order valence-corrected chi connectivity index (χ0v) is 21.4. The zero-order chi connectivity index (χ0) is 25.6. The standard InChI is InChI=1S/C28H31N2O4P/c1-28(2,3)18-24(31)23-16-15-20(27(33)30-19-26(32)29-4)17-25(23)35(34,21-11-7-5-8-12-21)22-13-9-6-10-14-22/h5-17H,18-19H2,1-4H3,(H,29,32)(H,30,33). The van der Waals surface area contributed by atoms with Crippen molar-refractivity contribution in [2.24, 2.45) is 5.41 Å². The quantitative estimate of drug-likeness (QED) is 0.374. The van der Waals surface area contributed by atoms with Gasteiger partial charge < -0.3 is 15.2 Å². The lowest BCUT2D eigenvalue weighted by atomic mass is 9.87. The third-order valence-corrected chi connectivity index (χ3v) is 8.62. The number of hydrogen-bond donors (Lipinski definition) is 2. The summed E-state index contributed by atoms with van der Waals surface area (Å²) in [7, 11) is -2.04. The summed E-state index contributed by atoms with van der Waals surface area (Å²) < 4.78 is 15.0. The molecule has 0 bridgehead atoms. The monoisotopic (exact) mass is 490 g/mol. The fourth-order valence-electron chi connectivity index (χ4n) is 3.80. The number of benzene rings is 3. The molecule has 182 valence electrons. The number of rotatable bonds is 8. The Morgan fingerprint density at radius 3 is 1.86 bits per heavy atom. The summed E-state index contributed by atoms with van der Waals surface area (Å²) in [6.07, 6.45) is 0.256. The van der Waals surface area contributed by atoms with E-state index in [1.165, 1.54) is 13.1 Å². The molecular formula is C28H31N2O4P. The van der Waals surface area contributed by atoms with Gasteiger partial charge in [-0.25, -0.2) is 0 Å². The van der Waals surface area contributed by atoms with E-state index in [9.17, 15) is 14.4 Å². The number of nitrogens with one attached hydrogen (secondary N) is 2. The summed E-state index contributed by atoms with van der Waals surface area (Å²) in [4.78, 5) is 37.9. The Kier molecular flexibility index (Phi) is 8.08. The summed E-state index contributed by atoms with van der Waals surface area (Å²) >= 11 is 0. The topological polar surface area (TPSA) is 92.3 Å². The Morgan fingerprint density at radius 1 is 0.829 bits per heavy atom. The molecule has 0 aliphatic rings. The largest absolute Gasteiger partial charge is 0.358 e. The number of hydrogen-bond acceptors (Lipinski definition) is 4. The second kappa shape index (κ2) is 10.8. The van der Waals surface area contributed by atoms with E-state index in [2.05, 4.69) is 10.6 Å². The minimum Gasteiger partial charge on any atom is -0.358 e. The van der Waals surface area contributed by atoms with Crippen LogP contribution in [0.5, 0.6) is 0 Å². The van der Waals surface area contributed by atoms with Crippen LogP contribution in [-0.2, 0) is 9.36 Å². The molecule has 6 nitrogen and oxygen atoms in total. The van der Waals surface area contributed by atoms with E-state index in [-0.39, 0.29) is 35.6 Å². The molecule has 0 aliphatic carbocycles. The van der Waals surface area contributed by atoms with Gasteiger partial charge in [0.2, 0.25) is 5.91 Å². The molecule has 3 aromatic carbocycles. The third-order valence-electron chi connectivity index (χ3n) is 5.52. The first kappa shape index (κ1) is 26.1. The first-order chi connectivity index (χ1) is 16.6. The van der Waals surface area contributed by atoms with E-state index in [4.69, 9.17) is 0 Å². The van der Waals surface area contributed by atoms with Crippen molar-refractivity contribution in [3.8, 4) is 0 Å². The van der Waals surface area contributed by atoms with Gasteiger partial charge in [0.25, 0.3) is 5.91 Å². The lowest BCUT2D eigenvalue weighted by Gasteiger charge is -2.24. The van der Waals surface area contributed by atoms with Gasteiger partial charge >= 0.3 is 0 Å². The second-order valence-corrected chi connectivity index (χ2v) is 12.3. The number of likely N-dealkylation sites (N-methyl/N-ethyl adjacent to an activating group) is 1. The van der Waals surface area contributed by atoms with Crippen LogP contribution in [0.4, 0.5) is 0 Å². The fraction of sp³-hybridized carbons (Fsp3) is 0.250. The number of carbonyl (C=O) groups is 3. The minimum atomic E-state index is -3.52. The van der Waals surface area contributed by atoms with Gasteiger partial charge in [0.1, 0.15) is 0 Å². The first-order valence-electron chi connectivity index (χ1n) is 11.4. The van der Waals surface area contributed by atoms with Crippen LogP contribution in [0.2, 0.25) is 0 Å². The highest BCUT2D eigenvalue weighted by atomic mass is 31.2. The van der Waals surface area contributed by atoms with E-state index in [1.54, 1.807) is 36.4 Å². The minimum absolute atomic E-state index is 0.142. The lowest BCUT2D eigenvalue weighted by Crippen LogP contribution is -2.36. The van der Waals surface area contributed by atoms with Crippen molar-refractivity contribution in [1.29, 1.82) is 0 Å². The van der Waals surface area contributed by atoms with Crippen LogP contribution in [0.25, 0.3) is 0 Å².